The topological polar surface area (TPSA) is 95.1 Å². The van der Waals surface area contributed by atoms with Crippen LogP contribution in [0.25, 0.3) is 0 Å². The molecule has 18 heavy (non-hydrogen) atoms. The normalized spacial score (nSPS) is 10.7. The van der Waals surface area contributed by atoms with Crippen molar-refractivity contribution < 1.29 is 14.6 Å². The van der Waals surface area contributed by atoms with E-state index in [1.165, 1.54) is 11.8 Å². The molecule has 0 radical (unpaired) electrons. The minimum atomic E-state index is -1.10. The van der Waals surface area contributed by atoms with Crippen LogP contribution < -0.4 is 0 Å². The third kappa shape index (κ3) is 2.54. The third-order valence-corrected chi connectivity index (χ3v) is 2.45. The second-order valence-corrected chi connectivity index (χ2v) is 3.65. The second-order valence-electron chi connectivity index (χ2n) is 3.65. The van der Waals surface area contributed by atoms with Crippen LogP contribution >= 0.6 is 0 Å². The predicted molar refractivity (Wildman–Crippen MR) is 59.9 cm³/mol. The monoisotopic (exact) mass is 251 g/mol. The Kier molecular flexibility index (Phi) is 3.68. The average Bonchev–Trinajstić information content (AvgIpc) is 2.95. The Bertz CT molecular complexity index is 520. The van der Waals surface area contributed by atoms with Gasteiger partial charge in [-0.1, -0.05) is 5.21 Å². The molecule has 8 nitrogen and oxygen atoms in total. The largest absolute Gasteiger partial charge is 0.476 e. The van der Waals surface area contributed by atoms with Gasteiger partial charge in [0, 0.05) is 26.0 Å². The Balaban J connectivity index is 2.14. The van der Waals surface area contributed by atoms with Crippen LogP contribution in [0.15, 0.2) is 18.7 Å². The third-order valence-electron chi connectivity index (χ3n) is 2.45. The number of aromatic carboxylic acids is 1. The van der Waals surface area contributed by atoms with Gasteiger partial charge < -0.3 is 14.4 Å². The molecule has 0 aliphatic carbocycles. The fourth-order valence-electron chi connectivity index (χ4n) is 1.59. The van der Waals surface area contributed by atoms with Crippen LogP contribution in [0.3, 0.4) is 0 Å². The number of nitrogens with zero attached hydrogens (tertiary/aromatic N) is 5. The Morgan fingerprint density at radius 1 is 1.50 bits per heavy atom. The lowest BCUT2D eigenvalue weighted by Crippen LogP contribution is -2.12. The molecule has 2 heterocycles. The predicted octanol–water partition coefficient (Wildman–Crippen LogP) is 0.0194. The lowest BCUT2D eigenvalue weighted by Gasteiger charge is -2.06. The molecule has 2 aromatic rings. The number of carboxylic acids is 1. The van der Waals surface area contributed by atoms with Gasteiger partial charge in [0.15, 0.2) is 5.69 Å². The average molecular weight is 251 g/mol. The molecule has 0 saturated carbocycles. The first-order valence-electron chi connectivity index (χ1n) is 5.32. The van der Waals surface area contributed by atoms with Gasteiger partial charge >= 0.3 is 5.97 Å². The smallest absolute Gasteiger partial charge is 0.358 e. The summed E-state index contributed by atoms with van der Waals surface area (Å²) in [5.74, 6) is -1.10. The molecule has 0 aliphatic heterocycles. The zero-order valence-corrected chi connectivity index (χ0v) is 9.85. The van der Waals surface area contributed by atoms with Crippen molar-refractivity contribution in [1.29, 1.82) is 0 Å². The molecule has 0 saturated heterocycles. The lowest BCUT2D eigenvalue weighted by atomic mass is 10.3. The highest BCUT2D eigenvalue weighted by atomic mass is 16.5. The Hall–Kier alpha value is -2.22. The van der Waals surface area contributed by atoms with E-state index < -0.39 is 5.97 Å². The number of carbonyl (C=O) groups is 1. The summed E-state index contributed by atoms with van der Waals surface area (Å²) in [5.41, 5.74) is 0.396. The molecule has 0 spiro atoms. The number of ether oxygens (including phenoxy) is 1. The molecule has 8 heteroatoms. The van der Waals surface area contributed by atoms with E-state index in [2.05, 4.69) is 15.3 Å². The molecule has 0 bridgehead atoms. The van der Waals surface area contributed by atoms with Gasteiger partial charge in [-0.3, -0.25) is 0 Å². The molecule has 1 N–H and O–H groups in total. The molecular formula is C10H13N5O3. The van der Waals surface area contributed by atoms with Crippen molar-refractivity contribution in [3.05, 3.63) is 30.1 Å². The molecule has 0 amide bonds. The summed E-state index contributed by atoms with van der Waals surface area (Å²) >= 11 is 0. The second kappa shape index (κ2) is 5.41. The minimum absolute atomic E-state index is 0.0671. The number of aryl methyl sites for hydroxylation is 2. The maximum atomic E-state index is 11.0. The molecule has 2 rings (SSSR count). The summed E-state index contributed by atoms with van der Waals surface area (Å²) in [7, 11) is 1.50. The number of carboxylic acid groups (broad SMARTS) is 1. The van der Waals surface area contributed by atoms with E-state index in [1.54, 1.807) is 12.5 Å². The van der Waals surface area contributed by atoms with Crippen molar-refractivity contribution in [1.82, 2.24) is 24.5 Å². The molecule has 96 valence electrons. The van der Waals surface area contributed by atoms with Gasteiger partial charge in [0.2, 0.25) is 0 Å². The molecular weight excluding hydrogens is 238 g/mol. The first kappa shape index (κ1) is 12.2. The van der Waals surface area contributed by atoms with Crippen LogP contribution in [-0.2, 0) is 24.4 Å². The van der Waals surface area contributed by atoms with Crippen molar-refractivity contribution in [2.75, 3.05) is 7.11 Å². The van der Waals surface area contributed by atoms with Crippen LogP contribution in [0.5, 0.6) is 0 Å². The van der Waals surface area contributed by atoms with Crippen molar-refractivity contribution in [3.8, 4) is 0 Å². The zero-order valence-electron chi connectivity index (χ0n) is 9.85. The van der Waals surface area contributed by atoms with E-state index >= 15 is 0 Å². The summed E-state index contributed by atoms with van der Waals surface area (Å²) in [5, 5.41) is 16.4. The number of hydrogen-bond donors (Lipinski definition) is 1. The van der Waals surface area contributed by atoms with E-state index in [4.69, 9.17) is 9.84 Å². The van der Waals surface area contributed by atoms with Gasteiger partial charge in [-0.05, 0) is 0 Å². The van der Waals surface area contributed by atoms with Gasteiger partial charge in [0.25, 0.3) is 0 Å². The lowest BCUT2D eigenvalue weighted by molar-refractivity contribution is 0.0684. The highest BCUT2D eigenvalue weighted by Gasteiger charge is 2.18. The number of rotatable bonds is 6. The summed E-state index contributed by atoms with van der Waals surface area (Å²) < 4.78 is 8.38. The van der Waals surface area contributed by atoms with E-state index in [-0.39, 0.29) is 12.3 Å². The highest BCUT2D eigenvalue weighted by molar-refractivity contribution is 5.86. The van der Waals surface area contributed by atoms with E-state index in [1.807, 2.05) is 10.8 Å². The van der Waals surface area contributed by atoms with Gasteiger partial charge in [0.1, 0.15) is 0 Å². The van der Waals surface area contributed by atoms with Gasteiger partial charge in [-0.25, -0.2) is 14.5 Å². The van der Waals surface area contributed by atoms with Crippen LogP contribution in [0.2, 0.25) is 0 Å². The van der Waals surface area contributed by atoms with E-state index in [0.29, 0.717) is 18.8 Å². The fraction of sp³-hybridized carbons (Fsp3) is 0.400. The number of hydrogen-bond acceptors (Lipinski definition) is 5. The first-order valence-corrected chi connectivity index (χ1v) is 5.32. The summed E-state index contributed by atoms with van der Waals surface area (Å²) in [6.07, 6.45) is 5.19. The standard InChI is InChI=1S/C10H13N5O3/c1-18-6-8-9(10(16)17)12-13-15(8)5-4-14-3-2-11-7-14/h2-3,7H,4-6H2,1H3,(H,16,17). The van der Waals surface area contributed by atoms with Gasteiger partial charge in [0.05, 0.1) is 25.2 Å². The van der Waals surface area contributed by atoms with Crippen molar-refractivity contribution in [2.45, 2.75) is 19.7 Å². The SMILES string of the molecule is COCc1c(C(=O)O)nnn1CCn1ccnc1. The first-order chi connectivity index (χ1) is 8.72. The quantitative estimate of drug-likeness (QED) is 0.777. The van der Waals surface area contributed by atoms with Crippen LogP contribution in [0, 0.1) is 0 Å². The van der Waals surface area contributed by atoms with Crippen LogP contribution in [-0.4, -0.2) is 42.7 Å². The Labute approximate surface area is 103 Å². The maximum absolute atomic E-state index is 11.0. The number of methoxy groups -OCH3 is 1. The van der Waals surface area contributed by atoms with Crippen LogP contribution in [0.4, 0.5) is 0 Å². The van der Waals surface area contributed by atoms with Crippen LogP contribution in [0.1, 0.15) is 16.2 Å². The highest BCUT2D eigenvalue weighted by Crippen LogP contribution is 2.07. The fourth-order valence-corrected chi connectivity index (χ4v) is 1.59. The van der Waals surface area contributed by atoms with Crippen molar-refractivity contribution in [2.24, 2.45) is 0 Å². The minimum Gasteiger partial charge on any atom is -0.476 e. The Morgan fingerprint density at radius 3 is 2.94 bits per heavy atom. The van der Waals surface area contributed by atoms with Gasteiger partial charge in [-0.15, -0.1) is 5.10 Å². The van der Waals surface area contributed by atoms with E-state index in [0.717, 1.165) is 0 Å². The van der Waals surface area contributed by atoms with Crippen molar-refractivity contribution >= 4 is 5.97 Å². The molecule has 0 unspecified atom stereocenters. The molecule has 0 atom stereocenters. The summed E-state index contributed by atoms with van der Waals surface area (Å²) in [4.78, 5) is 14.9. The number of imidazole rings is 1. The molecule has 0 aromatic carbocycles. The molecule has 2 aromatic heterocycles. The summed E-state index contributed by atoms with van der Waals surface area (Å²) in [6.45, 7) is 1.31. The number of aromatic nitrogens is 5. The Morgan fingerprint density at radius 2 is 2.33 bits per heavy atom. The zero-order chi connectivity index (χ0) is 13.0. The van der Waals surface area contributed by atoms with Crippen molar-refractivity contribution in [3.63, 3.8) is 0 Å². The van der Waals surface area contributed by atoms with Gasteiger partial charge in [-0.2, -0.15) is 0 Å². The van der Waals surface area contributed by atoms with E-state index in [9.17, 15) is 4.79 Å². The molecule has 0 fully saturated rings. The summed E-state index contributed by atoms with van der Waals surface area (Å²) in [6, 6.07) is 0. The molecule has 0 aliphatic rings. The maximum Gasteiger partial charge on any atom is 0.358 e.